The number of hydrogen-bond donors (Lipinski definition) is 1. The first-order valence-electron chi connectivity index (χ1n) is 12.4. The summed E-state index contributed by atoms with van der Waals surface area (Å²) < 4.78 is 49.0. The summed E-state index contributed by atoms with van der Waals surface area (Å²) in [5.74, 6) is -1.65. The van der Waals surface area contributed by atoms with Crippen molar-refractivity contribution in [2.24, 2.45) is 0 Å². The van der Waals surface area contributed by atoms with Crippen molar-refractivity contribution < 1.29 is 27.4 Å². The number of aliphatic carboxylic acids is 1. The number of sulfonamides is 1. The Hall–Kier alpha value is -3.23. The largest absolute Gasteiger partial charge is 0.479 e. The van der Waals surface area contributed by atoms with Crippen LogP contribution in [0, 0.1) is 33.5 Å². The summed E-state index contributed by atoms with van der Waals surface area (Å²) in [6, 6.07) is 10.5. The Morgan fingerprint density at radius 1 is 1.03 bits per heavy atom. The lowest BCUT2D eigenvalue weighted by Gasteiger charge is -2.37. The van der Waals surface area contributed by atoms with Crippen LogP contribution in [0.3, 0.4) is 0 Å². The zero-order chi connectivity index (χ0) is 28.3. The van der Waals surface area contributed by atoms with Gasteiger partial charge in [-0.2, -0.15) is 0 Å². The van der Waals surface area contributed by atoms with E-state index in [2.05, 4.69) is 0 Å². The molecular weight excluding hydrogens is 505 g/mol. The topological polar surface area (TPSA) is 83.9 Å². The molecule has 8 heteroatoms. The molecule has 4 rings (SSSR count). The van der Waals surface area contributed by atoms with Crippen LogP contribution < -0.4 is 4.31 Å². The summed E-state index contributed by atoms with van der Waals surface area (Å²) in [6.07, 6.45) is -0.286. The maximum atomic E-state index is 15.5. The smallest absolute Gasteiger partial charge is 0.337 e. The molecule has 0 unspecified atom stereocenters. The number of benzene rings is 3. The van der Waals surface area contributed by atoms with E-state index < -0.39 is 33.5 Å². The van der Waals surface area contributed by atoms with Crippen LogP contribution in [0.5, 0.6) is 0 Å². The number of rotatable bonds is 5. The number of ether oxygens (including phenoxy) is 1. The van der Waals surface area contributed by atoms with Crippen molar-refractivity contribution in [2.75, 3.05) is 10.6 Å². The molecule has 0 fully saturated rings. The lowest BCUT2D eigenvalue weighted by molar-refractivity contribution is -0.160. The number of fused-ring (bicyclic) bond motifs is 3. The van der Waals surface area contributed by atoms with Crippen LogP contribution in [-0.2, 0) is 26.1 Å². The number of nitrogens with zero attached hydrogens (tertiary/aromatic N) is 1. The van der Waals surface area contributed by atoms with Crippen molar-refractivity contribution >= 4 is 21.7 Å². The Labute approximate surface area is 224 Å². The van der Waals surface area contributed by atoms with Crippen molar-refractivity contribution in [1.29, 1.82) is 0 Å². The van der Waals surface area contributed by atoms with Crippen molar-refractivity contribution in [3.63, 3.8) is 0 Å². The Bertz CT molecular complexity index is 1570. The minimum absolute atomic E-state index is 0.0561. The molecule has 0 spiro atoms. The van der Waals surface area contributed by atoms with Crippen LogP contribution in [0.15, 0.2) is 36.4 Å². The lowest BCUT2D eigenvalue weighted by Crippen LogP contribution is -2.35. The summed E-state index contributed by atoms with van der Waals surface area (Å²) in [5.41, 5.74) is 5.55. The third-order valence-corrected chi connectivity index (χ3v) is 8.05. The monoisotopic (exact) mass is 539 g/mol. The van der Waals surface area contributed by atoms with Crippen LogP contribution in [0.25, 0.3) is 22.3 Å². The number of aryl methyl sites for hydroxylation is 2. The van der Waals surface area contributed by atoms with E-state index in [-0.39, 0.29) is 12.2 Å². The number of carbonyl (C=O) groups is 1. The number of hydrogen-bond acceptors (Lipinski definition) is 4. The highest BCUT2D eigenvalue weighted by molar-refractivity contribution is 7.92. The first-order chi connectivity index (χ1) is 17.5. The average molecular weight is 540 g/mol. The Balaban J connectivity index is 2.26. The molecule has 38 heavy (non-hydrogen) atoms. The molecule has 0 saturated carbocycles. The van der Waals surface area contributed by atoms with Gasteiger partial charge in [0.05, 0.1) is 24.1 Å². The first-order valence-corrected chi connectivity index (χ1v) is 14.3. The quantitative estimate of drug-likeness (QED) is 0.394. The van der Waals surface area contributed by atoms with Gasteiger partial charge in [-0.1, -0.05) is 35.9 Å². The molecule has 1 aliphatic rings. The Kier molecular flexibility index (Phi) is 6.95. The third kappa shape index (κ3) is 4.83. The molecular formula is C30H34FNO5S. The number of halogens is 1. The summed E-state index contributed by atoms with van der Waals surface area (Å²) in [5, 5.41) is 10.4. The van der Waals surface area contributed by atoms with Gasteiger partial charge >= 0.3 is 5.97 Å². The highest BCUT2D eigenvalue weighted by atomic mass is 32.2. The van der Waals surface area contributed by atoms with E-state index in [1.807, 2.05) is 32.0 Å². The van der Waals surface area contributed by atoms with Gasteiger partial charge in [0.25, 0.3) is 0 Å². The summed E-state index contributed by atoms with van der Waals surface area (Å²) in [4.78, 5) is 12.7. The van der Waals surface area contributed by atoms with Gasteiger partial charge in [0.15, 0.2) is 6.10 Å². The second kappa shape index (κ2) is 9.50. The maximum Gasteiger partial charge on any atom is 0.337 e. The average Bonchev–Trinajstić information content (AvgIpc) is 2.78. The molecule has 0 bridgehead atoms. The molecule has 1 atom stereocenters. The maximum absolute atomic E-state index is 15.5. The third-order valence-electron chi connectivity index (χ3n) is 6.94. The Morgan fingerprint density at radius 3 is 2.24 bits per heavy atom. The molecule has 0 radical (unpaired) electrons. The van der Waals surface area contributed by atoms with Gasteiger partial charge in [0.1, 0.15) is 5.82 Å². The van der Waals surface area contributed by atoms with E-state index >= 15 is 4.39 Å². The van der Waals surface area contributed by atoms with E-state index in [4.69, 9.17) is 4.74 Å². The van der Waals surface area contributed by atoms with Crippen molar-refractivity contribution in [1.82, 2.24) is 0 Å². The fourth-order valence-electron chi connectivity index (χ4n) is 5.48. The van der Waals surface area contributed by atoms with E-state index in [1.165, 1.54) is 10.4 Å². The van der Waals surface area contributed by atoms with Gasteiger partial charge in [-0.3, -0.25) is 4.31 Å². The lowest BCUT2D eigenvalue weighted by atomic mass is 9.79. The van der Waals surface area contributed by atoms with Crippen molar-refractivity contribution in [3.05, 3.63) is 75.6 Å². The second-order valence-corrected chi connectivity index (χ2v) is 13.0. The van der Waals surface area contributed by atoms with Crippen LogP contribution in [0.4, 0.5) is 10.1 Å². The summed E-state index contributed by atoms with van der Waals surface area (Å²) in [6.45, 7) is 12.7. The fourth-order valence-corrected chi connectivity index (χ4v) is 6.41. The Morgan fingerprint density at radius 2 is 1.68 bits per heavy atom. The zero-order valence-corrected chi connectivity index (χ0v) is 23.9. The fraction of sp³-hybridized carbons (Fsp3) is 0.367. The van der Waals surface area contributed by atoms with Crippen molar-refractivity contribution in [2.45, 2.75) is 66.7 Å². The van der Waals surface area contributed by atoms with Gasteiger partial charge in [-0.15, -0.1) is 0 Å². The summed E-state index contributed by atoms with van der Waals surface area (Å²) in [7, 11) is -3.80. The van der Waals surface area contributed by atoms with Gasteiger partial charge in [-0.05, 0) is 87.9 Å². The molecule has 0 amide bonds. The van der Waals surface area contributed by atoms with E-state index in [0.717, 1.165) is 22.9 Å². The van der Waals surface area contributed by atoms with Crippen LogP contribution in [0.2, 0.25) is 0 Å². The van der Waals surface area contributed by atoms with Gasteiger partial charge in [0, 0.05) is 16.7 Å². The predicted molar refractivity (Wildman–Crippen MR) is 148 cm³/mol. The van der Waals surface area contributed by atoms with Crippen molar-refractivity contribution in [3.8, 4) is 22.3 Å². The molecule has 3 aromatic carbocycles. The minimum atomic E-state index is -3.80. The molecule has 1 heterocycles. The van der Waals surface area contributed by atoms with Crippen LogP contribution in [-0.4, -0.2) is 31.4 Å². The summed E-state index contributed by atoms with van der Waals surface area (Å²) >= 11 is 0. The van der Waals surface area contributed by atoms with Gasteiger partial charge in [-0.25, -0.2) is 17.6 Å². The minimum Gasteiger partial charge on any atom is -0.479 e. The molecule has 6 nitrogen and oxygen atoms in total. The molecule has 3 aromatic rings. The molecule has 0 aromatic heterocycles. The predicted octanol–water partition coefficient (Wildman–Crippen LogP) is 6.61. The van der Waals surface area contributed by atoms with Gasteiger partial charge in [0.2, 0.25) is 10.0 Å². The molecule has 1 aliphatic heterocycles. The first kappa shape index (κ1) is 27.8. The zero-order valence-electron chi connectivity index (χ0n) is 23.1. The van der Waals surface area contributed by atoms with Crippen LogP contribution >= 0.6 is 0 Å². The second-order valence-electron chi connectivity index (χ2n) is 11.1. The molecule has 0 aliphatic carbocycles. The standard InChI is InChI=1S/C30H34FNO5S/c1-16-12-13-21(17(2)14-16)23-18(3)24-26-20(10-9-11-22(26)31)15-32(38(8,35)36)27(24)19(4)25(23)28(29(33)34)37-30(5,6)7/h9-14,28H,15H2,1-8H3,(H,33,34)/t28-/m0/s1. The number of anilines is 1. The van der Waals surface area contributed by atoms with E-state index in [9.17, 15) is 18.3 Å². The highest BCUT2D eigenvalue weighted by Gasteiger charge is 2.39. The van der Waals surface area contributed by atoms with E-state index in [0.29, 0.717) is 38.9 Å². The van der Waals surface area contributed by atoms with E-state index in [1.54, 1.807) is 46.8 Å². The molecule has 202 valence electrons. The molecule has 0 saturated heterocycles. The number of carboxylic acids is 1. The van der Waals surface area contributed by atoms with Gasteiger partial charge < -0.3 is 9.84 Å². The number of carboxylic acid groups (broad SMARTS) is 1. The molecule has 1 N–H and O–H groups in total. The SMILES string of the molecule is Cc1ccc(-c2c(C)c3c(c(C)c2[C@H](OC(C)(C)C)C(=O)O)N(S(C)(=O)=O)Cc2cccc(F)c2-3)c(C)c1. The highest BCUT2D eigenvalue weighted by Crippen LogP contribution is 2.52. The normalized spacial score (nSPS) is 14.2. The van der Waals surface area contributed by atoms with Crippen LogP contribution in [0.1, 0.15) is 60.3 Å².